The van der Waals surface area contributed by atoms with Crippen molar-refractivity contribution in [3.8, 4) is 0 Å². The van der Waals surface area contributed by atoms with E-state index in [1.165, 1.54) is 0 Å². The van der Waals surface area contributed by atoms with Crippen LogP contribution in [-0.4, -0.2) is 16.5 Å². The zero-order chi connectivity index (χ0) is 11.5. The van der Waals surface area contributed by atoms with Gasteiger partial charge in [0.1, 0.15) is 11.6 Å². The third-order valence-corrected chi connectivity index (χ3v) is 3.00. The van der Waals surface area contributed by atoms with Crippen LogP contribution in [0.3, 0.4) is 0 Å². The lowest BCUT2D eigenvalue weighted by Gasteiger charge is -2.06. The fourth-order valence-corrected chi connectivity index (χ4v) is 2.02. The minimum absolute atomic E-state index is 0.526. The lowest BCUT2D eigenvalue weighted by atomic mass is 10.2. The summed E-state index contributed by atoms with van der Waals surface area (Å²) in [6.07, 6.45) is 1.63. The number of fused-ring (bicyclic) bond motifs is 1. The Labute approximate surface area is 102 Å². The number of nitrogens with two attached hydrogens (primary N) is 2. The first-order chi connectivity index (χ1) is 7.72. The molecule has 0 saturated heterocycles. The average Bonchev–Trinajstić information content (AvgIpc) is 2.28. The van der Waals surface area contributed by atoms with Gasteiger partial charge in [-0.15, -0.1) is 0 Å². The molecule has 2 aromatic rings. The maximum absolute atomic E-state index is 5.89. The molecule has 1 aromatic carbocycles. The number of halogens is 1. The predicted molar refractivity (Wildman–Crippen MR) is 69.0 cm³/mol. The molecule has 0 aliphatic carbocycles. The summed E-state index contributed by atoms with van der Waals surface area (Å²) in [5, 5.41) is 0.880. The summed E-state index contributed by atoms with van der Waals surface area (Å²) in [6, 6.07) is 5.79. The van der Waals surface area contributed by atoms with E-state index in [0.717, 1.165) is 34.0 Å². The van der Waals surface area contributed by atoms with Crippen molar-refractivity contribution in [3.05, 3.63) is 28.5 Å². The Balaban J connectivity index is 2.52. The number of nitrogen functional groups attached to an aromatic ring is 1. The molecule has 4 N–H and O–H groups in total. The van der Waals surface area contributed by atoms with Crippen molar-refractivity contribution >= 4 is 32.7 Å². The molecule has 0 atom stereocenters. The van der Waals surface area contributed by atoms with E-state index >= 15 is 0 Å². The largest absolute Gasteiger partial charge is 0.383 e. The second-order valence-electron chi connectivity index (χ2n) is 3.55. The molecule has 2 rings (SSSR count). The van der Waals surface area contributed by atoms with Gasteiger partial charge in [-0.3, -0.25) is 0 Å². The lowest BCUT2D eigenvalue weighted by molar-refractivity contribution is 0.788. The maximum Gasteiger partial charge on any atom is 0.135 e. The lowest BCUT2D eigenvalue weighted by Crippen LogP contribution is -2.05. The molecular formula is C11H13BrN4. The van der Waals surface area contributed by atoms with Gasteiger partial charge in [-0.1, -0.05) is 6.07 Å². The van der Waals surface area contributed by atoms with Crippen LogP contribution in [0.25, 0.3) is 10.9 Å². The van der Waals surface area contributed by atoms with Crippen molar-refractivity contribution in [1.82, 2.24) is 9.97 Å². The number of hydrogen-bond acceptors (Lipinski definition) is 4. The number of para-hydroxylation sites is 1. The van der Waals surface area contributed by atoms with E-state index in [9.17, 15) is 0 Å². The highest BCUT2D eigenvalue weighted by Crippen LogP contribution is 2.25. The van der Waals surface area contributed by atoms with Crippen molar-refractivity contribution in [2.45, 2.75) is 12.8 Å². The van der Waals surface area contributed by atoms with Gasteiger partial charge in [-0.05, 0) is 41.0 Å². The highest BCUT2D eigenvalue weighted by Gasteiger charge is 2.07. The van der Waals surface area contributed by atoms with E-state index in [0.29, 0.717) is 12.4 Å². The number of hydrogen-bond donors (Lipinski definition) is 2. The molecule has 0 radical (unpaired) electrons. The van der Waals surface area contributed by atoms with Gasteiger partial charge >= 0.3 is 0 Å². The zero-order valence-electron chi connectivity index (χ0n) is 8.78. The number of aromatic nitrogens is 2. The Bertz CT molecular complexity index is 513. The van der Waals surface area contributed by atoms with Gasteiger partial charge in [0.15, 0.2) is 0 Å². The van der Waals surface area contributed by atoms with Gasteiger partial charge < -0.3 is 11.5 Å². The van der Waals surface area contributed by atoms with E-state index in [1.54, 1.807) is 0 Å². The highest BCUT2D eigenvalue weighted by molar-refractivity contribution is 9.10. The fourth-order valence-electron chi connectivity index (χ4n) is 1.56. The van der Waals surface area contributed by atoms with Crippen LogP contribution in [0.2, 0.25) is 0 Å². The Hall–Kier alpha value is -1.20. The number of benzene rings is 1. The molecule has 0 aliphatic rings. The molecule has 0 fully saturated rings. The standard InChI is InChI=1S/C11H13BrN4/c12-8-4-1-3-7-10(8)15-9(5-2-6-13)16-11(7)14/h1,3-4H,2,5-6,13H2,(H2,14,15,16). The van der Waals surface area contributed by atoms with Crippen LogP contribution in [-0.2, 0) is 6.42 Å². The molecule has 16 heavy (non-hydrogen) atoms. The molecule has 1 aromatic heterocycles. The smallest absolute Gasteiger partial charge is 0.135 e. The van der Waals surface area contributed by atoms with Crippen molar-refractivity contribution in [2.75, 3.05) is 12.3 Å². The average molecular weight is 281 g/mol. The van der Waals surface area contributed by atoms with Crippen molar-refractivity contribution in [2.24, 2.45) is 5.73 Å². The molecule has 0 bridgehead atoms. The fraction of sp³-hybridized carbons (Fsp3) is 0.273. The molecule has 0 saturated carbocycles. The minimum Gasteiger partial charge on any atom is -0.383 e. The molecule has 0 aliphatic heterocycles. The van der Waals surface area contributed by atoms with Crippen LogP contribution in [0.15, 0.2) is 22.7 Å². The van der Waals surface area contributed by atoms with Gasteiger partial charge in [0.05, 0.1) is 5.52 Å². The van der Waals surface area contributed by atoms with Gasteiger partial charge in [0.2, 0.25) is 0 Å². The SMILES string of the molecule is NCCCc1nc(N)c2cccc(Br)c2n1. The summed E-state index contributed by atoms with van der Waals surface area (Å²) < 4.78 is 0.938. The van der Waals surface area contributed by atoms with Crippen molar-refractivity contribution in [1.29, 1.82) is 0 Å². The topological polar surface area (TPSA) is 77.8 Å². The van der Waals surface area contributed by atoms with E-state index in [-0.39, 0.29) is 0 Å². The Morgan fingerprint density at radius 3 is 2.81 bits per heavy atom. The summed E-state index contributed by atoms with van der Waals surface area (Å²) in [6.45, 7) is 0.636. The molecule has 4 nitrogen and oxygen atoms in total. The molecule has 5 heteroatoms. The zero-order valence-corrected chi connectivity index (χ0v) is 10.4. The van der Waals surface area contributed by atoms with Crippen molar-refractivity contribution < 1.29 is 0 Å². The number of aryl methyl sites for hydroxylation is 1. The second kappa shape index (κ2) is 4.76. The molecular weight excluding hydrogens is 268 g/mol. The van der Waals surface area contributed by atoms with Gasteiger partial charge in [-0.2, -0.15) is 0 Å². The van der Waals surface area contributed by atoms with E-state index in [4.69, 9.17) is 11.5 Å². The summed E-state index contributed by atoms with van der Waals surface area (Å²) in [7, 11) is 0. The van der Waals surface area contributed by atoms with Crippen LogP contribution >= 0.6 is 15.9 Å². The normalized spacial score (nSPS) is 10.9. The van der Waals surface area contributed by atoms with Crippen LogP contribution < -0.4 is 11.5 Å². The quantitative estimate of drug-likeness (QED) is 0.900. The highest BCUT2D eigenvalue weighted by atomic mass is 79.9. The van der Waals surface area contributed by atoms with E-state index < -0.39 is 0 Å². The Kier molecular flexibility index (Phi) is 3.36. The third-order valence-electron chi connectivity index (χ3n) is 2.36. The van der Waals surface area contributed by atoms with E-state index in [1.807, 2.05) is 18.2 Å². The monoisotopic (exact) mass is 280 g/mol. The minimum atomic E-state index is 0.526. The molecule has 1 heterocycles. The van der Waals surface area contributed by atoms with Gasteiger partial charge in [0.25, 0.3) is 0 Å². The Morgan fingerprint density at radius 1 is 1.25 bits per heavy atom. The number of nitrogens with zero attached hydrogens (tertiary/aromatic N) is 2. The first-order valence-electron chi connectivity index (χ1n) is 5.13. The summed E-state index contributed by atoms with van der Waals surface area (Å²) in [5.74, 6) is 1.28. The molecule has 0 amide bonds. The predicted octanol–water partition coefficient (Wildman–Crippen LogP) is 1.87. The summed E-state index contributed by atoms with van der Waals surface area (Å²) in [4.78, 5) is 8.75. The third kappa shape index (κ3) is 2.15. The first-order valence-corrected chi connectivity index (χ1v) is 5.92. The van der Waals surface area contributed by atoms with Crippen molar-refractivity contribution in [3.63, 3.8) is 0 Å². The molecule has 84 valence electrons. The number of anilines is 1. The number of rotatable bonds is 3. The van der Waals surface area contributed by atoms with Crippen LogP contribution in [0, 0.1) is 0 Å². The Morgan fingerprint density at radius 2 is 2.06 bits per heavy atom. The second-order valence-corrected chi connectivity index (χ2v) is 4.41. The first kappa shape index (κ1) is 11.3. The van der Waals surface area contributed by atoms with Crippen LogP contribution in [0.5, 0.6) is 0 Å². The maximum atomic E-state index is 5.89. The van der Waals surface area contributed by atoms with Crippen LogP contribution in [0.4, 0.5) is 5.82 Å². The van der Waals surface area contributed by atoms with Gasteiger partial charge in [0, 0.05) is 16.3 Å². The van der Waals surface area contributed by atoms with E-state index in [2.05, 4.69) is 25.9 Å². The molecule has 0 spiro atoms. The summed E-state index contributed by atoms with van der Waals surface area (Å²) >= 11 is 3.46. The molecule has 0 unspecified atom stereocenters. The van der Waals surface area contributed by atoms with Crippen LogP contribution in [0.1, 0.15) is 12.2 Å². The van der Waals surface area contributed by atoms with Gasteiger partial charge in [-0.25, -0.2) is 9.97 Å². The summed E-state index contributed by atoms with van der Waals surface area (Å²) in [5.41, 5.74) is 12.2.